The molecule has 0 spiro atoms. The minimum atomic E-state index is -1.37. The standard InChI is InChI=1S/C29H41BrN8O/c1-35-11-9-23(10-12-35)20-36-13-15-37(16-14-36)21-24-5-4-6-25(17-24)28(39)34-38(27-7-2-3-8-27)29(22-31)32-18-26(30)19-33-29/h4-6,17-19,23,27,32H,2-3,7-16,20-21H2,1H3,(H,34,39). The van der Waals surface area contributed by atoms with E-state index in [-0.39, 0.29) is 11.9 Å². The third-order valence-corrected chi connectivity index (χ3v) is 9.05. The molecule has 1 saturated carbocycles. The van der Waals surface area contributed by atoms with Gasteiger partial charge in [0.2, 0.25) is 0 Å². The fourth-order valence-electron chi connectivity index (χ4n) is 6.23. The van der Waals surface area contributed by atoms with Gasteiger partial charge in [-0.15, -0.1) is 0 Å². The maximum absolute atomic E-state index is 13.5. The van der Waals surface area contributed by atoms with Gasteiger partial charge in [-0.05, 0) is 85.4 Å². The van der Waals surface area contributed by atoms with E-state index >= 15 is 0 Å². The summed E-state index contributed by atoms with van der Waals surface area (Å²) < 4.78 is 0.751. The first kappa shape index (κ1) is 28.2. The van der Waals surface area contributed by atoms with Crippen LogP contribution in [0.2, 0.25) is 0 Å². The molecule has 10 heteroatoms. The SMILES string of the molecule is CN1CCC(CN2CCN(Cc3cccc(C(=O)NN(C4CCCC4)C4(C#N)N=CC(Br)=CN4)c3)CC2)CC1. The molecule has 2 N–H and O–H groups in total. The van der Waals surface area contributed by atoms with Gasteiger partial charge in [-0.1, -0.05) is 25.0 Å². The highest BCUT2D eigenvalue weighted by molar-refractivity contribution is 9.12. The lowest BCUT2D eigenvalue weighted by Crippen LogP contribution is -2.65. The average Bonchev–Trinajstić information content (AvgIpc) is 3.50. The number of allylic oxidation sites excluding steroid dienone is 1. The van der Waals surface area contributed by atoms with E-state index in [4.69, 9.17) is 0 Å². The highest BCUT2D eigenvalue weighted by Gasteiger charge is 2.43. The van der Waals surface area contributed by atoms with Crippen molar-refractivity contribution in [2.24, 2.45) is 10.9 Å². The van der Waals surface area contributed by atoms with Crippen LogP contribution in [-0.2, 0) is 6.54 Å². The number of carbonyl (C=O) groups is 1. The Hall–Kier alpha value is -2.29. The van der Waals surface area contributed by atoms with E-state index in [1.807, 2.05) is 18.2 Å². The number of likely N-dealkylation sites (tertiary alicyclic amines) is 1. The van der Waals surface area contributed by atoms with Crippen LogP contribution in [0.1, 0.15) is 54.4 Å². The Morgan fingerprint density at radius 3 is 2.54 bits per heavy atom. The molecule has 9 nitrogen and oxygen atoms in total. The van der Waals surface area contributed by atoms with Crippen molar-refractivity contribution in [3.05, 3.63) is 46.1 Å². The van der Waals surface area contributed by atoms with Crippen molar-refractivity contribution in [3.8, 4) is 6.07 Å². The molecule has 210 valence electrons. The van der Waals surface area contributed by atoms with E-state index in [1.54, 1.807) is 17.4 Å². The summed E-state index contributed by atoms with van der Waals surface area (Å²) in [6, 6.07) is 10.2. The van der Waals surface area contributed by atoms with Crippen LogP contribution in [-0.4, -0.2) is 96.5 Å². The Bertz CT molecular complexity index is 1100. The molecule has 3 fully saturated rings. The highest BCUT2D eigenvalue weighted by atomic mass is 79.9. The number of piperazine rings is 1. The van der Waals surface area contributed by atoms with E-state index in [2.05, 4.69) is 65.5 Å². The van der Waals surface area contributed by atoms with Gasteiger partial charge in [0.1, 0.15) is 6.07 Å². The van der Waals surface area contributed by atoms with Gasteiger partial charge in [0.25, 0.3) is 11.7 Å². The number of piperidine rings is 1. The molecule has 5 rings (SSSR count). The van der Waals surface area contributed by atoms with Crippen LogP contribution in [0.25, 0.3) is 0 Å². The maximum atomic E-state index is 13.5. The molecule has 4 aliphatic rings. The lowest BCUT2D eigenvalue weighted by molar-refractivity contribution is 0.0176. The number of benzene rings is 1. The van der Waals surface area contributed by atoms with Gasteiger partial charge in [-0.2, -0.15) is 10.3 Å². The third kappa shape index (κ3) is 7.08. The number of hydrazine groups is 1. The Balaban J connectivity index is 1.18. The Labute approximate surface area is 241 Å². The smallest absolute Gasteiger partial charge is 0.295 e. The van der Waals surface area contributed by atoms with Crippen LogP contribution in [0.3, 0.4) is 0 Å². The Morgan fingerprint density at radius 1 is 1.15 bits per heavy atom. The average molecular weight is 598 g/mol. The highest BCUT2D eigenvalue weighted by Crippen LogP contribution is 2.29. The van der Waals surface area contributed by atoms with E-state index in [0.29, 0.717) is 5.56 Å². The summed E-state index contributed by atoms with van der Waals surface area (Å²) in [6.45, 7) is 8.83. The van der Waals surface area contributed by atoms with E-state index in [0.717, 1.165) is 74.4 Å². The molecule has 0 bridgehead atoms. The summed E-state index contributed by atoms with van der Waals surface area (Å²) >= 11 is 3.39. The Kier molecular flexibility index (Phi) is 9.36. The molecule has 1 unspecified atom stereocenters. The lowest BCUT2D eigenvalue weighted by Gasteiger charge is -2.40. The molecule has 2 saturated heterocycles. The number of rotatable bonds is 8. The van der Waals surface area contributed by atoms with E-state index in [9.17, 15) is 10.1 Å². The number of amides is 1. The van der Waals surface area contributed by atoms with Crippen LogP contribution in [0.4, 0.5) is 0 Å². The van der Waals surface area contributed by atoms with Crippen molar-refractivity contribution in [1.82, 2.24) is 30.5 Å². The molecule has 39 heavy (non-hydrogen) atoms. The van der Waals surface area contributed by atoms with Gasteiger partial charge in [0.15, 0.2) is 0 Å². The number of nitrogens with one attached hydrogen (secondary N) is 2. The van der Waals surface area contributed by atoms with Gasteiger partial charge in [0.05, 0.1) is 4.48 Å². The first-order valence-electron chi connectivity index (χ1n) is 14.4. The molecule has 1 amide bonds. The monoisotopic (exact) mass is 596 g/mol. The lowest BCUT2D eigenvalue weighted by atomic mass is 9.96. The number of aliphatic imine (C=N–C) groups is 1. The second-order valence-electron chi connectivity index (χ2n) is 11.5. The number of carbonyl (C=O) groups excluding carboxylic acids is 1. The summed E-state index contributed by atoms with van der Waals surface area (Å²) in [5.41, 5.74) is 4.79. The minimum Gasteiger partial charge on any atom is -0.340 e. The summed E-state index contributed by atoms with van der Waals surface area (Å²) in [5, 5.41) is 14.9. The van der Waals surface area contributed by atoms with Crippen LogP contribution in [0.5, 0.6) is 0 Å². The first-order valence-corrected chi connectivity index (χ1v) is 15.2. The third-order valence-electron chi connectivity index (χ3n) is 8.62. The summed E-state index contributed by atoms with van der Waals surface area (Å²) in [5.74, 6) is -0.752. The largest absolute Gasteiger partial charge is 0.340 e. The zero-order valence-electron chi connectivity index (χ0n) is 23.0. The van der Waals surface area contributed by atoms with Crippen LogP contribution in [0, 0.1) is 17.2 Å². The van der Waals surface area contributed by atoms with Crippen molar-refractivity contribution in [2.75, 3.05) is 52.9 Å². The molecule has 1 aliphatic carbocycles. The molecule has 1 atom stereocenters. The predicted octanol–water partition coefficient (Wildman–Crippen LogP) is 3.12. The minimum absolute atomic E-state index is 0.0394. The van der Waals surface area contributed by atoms with Gasteiger partial charge < -0.3 is 15.1 Å². The number of nitriles is 1. The van der Waals surface area contributed by atoms with Crippen LogP contribution < -0.4 is 10.7 Å². The first-order chi connectivity index (χ1) is 18.9. The van der Waals surface area contributed by atoms with E-state index in [1.165, 1.54) is 32.5 Å². The molecular formula is C29H41BrN8O. The molecule has 1 aromatic rings. The van der Waals surface area contributed by atoms with Gasteiger partial charge in [0, 0.05) is 63.3 Å². The fraction of sp³-hybridized carbons (Fsp3) is 0.621. The Morgan fingerprint density at radius 2 is 1.87 bits per heavy atom. The zero-order chi connectivity index (χ0) is 27.2. The van der Waals surface area contributed by atoms with Gasteiger partial charge >= 0.3 is 0 Å². The fourth-order valence-corrected chi connectivity index (χ4v) is 6.44. The predicted molar refractivity (Wildman–Crippen MR) is 157 cm³/mol. The number of halogens is 1. The molecule has 1 aromatic carbocycles. The molecule has 0 radical (unpaired) electrons. The normalized spacial score (nSPS) is 25.8. The van der Waals surface area contributed by atoms with E-state index < -0.39 is 5.79 Å². The van der Waals surface area contributed by atoms with Crippen molar-refractivity contribution in [3.63, 3.8) is 0 Å². The number of hydrogen-bond donors (Lipinski definition) is 2. The van der Waals surface area contributed by atoms with Crippen LogP contribution in [0.15, 0.2) is 39.9 Å². The summed E-state index contributed by atoms with van der Waals surface area (Å²) in [7, 11) is 2.22. The van der Waals surface area contributed by atoms with Crippen molar-refractivity contribution < 1.29 is 4.79 Å². The summed E-state index contributed by atoms with van der Waals surface area (Å²) in [4.78, 5) is 25.5. The number of nitrogens with zero attached hydrogens (tertiary/aromatic N) is 6. The zero-order valence-corrected chi connectivity index (χ0v) is 24.6. The molecule has 3 heterocycles. The van der Waals surface area contributed by atoms with Gasteiger partial charge in [-0.3, -0.25) is 15.1 Å². The topological polar surface area (TPSA) is 90.2 Å². The molecule has 0 aromatic heterocycles. The van der Waals surface area contributed by atoms with Crippen LogP contribution >= 0.6 is 15.9 Å². The second kappa shape index (κ2) is 12.9. The van der Waals surface area contributed by atoms with Crippen molar-refractivity contribution in [2.45, 2.75) is 56.9 Å². The maximum Gasteiger partial charge on any atom is 0.295 e. The quantitative estimate of drug-likeness (QED) is 0.446. The molecular weight excluding hydrogens is 556 g/mol. The summed E-state index contributed by atoms with van der Waals surface area (Å²) in [6.07, 6.45) is 9.92. The number of hydrogen-bond acceptors (Lipinski definition) is 8. The second-order valence-corrected chi connectivity index (χ2v) is 12.4. The van der Waals surface area contributed by atoms with Crippen molar-refractivity contribution in [1.29, 1.82) is 5.26 Å². The van der Waals surface area contributed by atoms with Gasteiger partial charge in [-0.25, -0.2) is 4.99 Å². The molecule has 3 aliphatic heterocycles. The van der Waals surface area contributed by atoms with Crippen molar-refractivity contribution >= 4 is 28.1 Å².